The van der Waals surface area contributed by atoms with Gasteiger partial charge in [0, 0.05) is 5.56 Å². The molecule has 104 valence electrons. The molecular formula is C18H21NO. The average Bonchev–Trinajstić information content (AvgIpc) is 2.52. The first kappa shape index (κ1) is 14.5. The van der Waals surface area contributed by atoms with Crippen molar-refractivity contribution in [2.24, 2.45) is 0 Å². The molecule has 2 heteroatoms. The van der Waals surface area contributed by atoms with Crippen LogP contribution < -0.4 is 5.32 Å². The largest absolute Gasteiger partial charge is 0.307 e. The maximum atomic E-state index is 12.1. The van der Waals surface area contributed by atoms with E-state index >= 15 is 0 Å². The van der Waals surface area contributed by atoms with Crippen LogP contribution >= 0.6 is 0 Å². The highest BCUT2D eigenvalue weighted by Gasteiger charge is 2.13. The number of rotatable bonds is 7. The van der Waals surface area contributed by atoms with Crippen molar-refractivity contribution in [3.8, 4) is 0 Å². The fourth-order valence-corrected chi connectivity index (χ4v) is 2.20. The van der Waals surface area contributed by atoms with Crippen molar-refractivity contribution in [1.29, 1.82) is 0 Å². The summed E-state index contributed by atoms with van der Waals surface area (Å²) in [5.74, 6) is 0.158. The van der Waals surface area contributed by atoms with Crippen LogP contribution in [0.2, 0.25) is 0 Å². The Kier molecular flexibility index (Phi) is 5.51. The third kappa shape index (κ3) is 4.32. The fourth-order valence-electron chi connectivity index (χ4n) is 2.20. The monoisotopic (exact) mass is 267 g/mol. The van der Waals surface area contributed by atoms with Crippen LogP contribution in [0, 0.1) is 0 Å². The number of ketones is 1. The minimum absolute atomic E-state index is 0.131. The number of carbonyl (C=O) groups excluding carboxylic acids is 1. The third-order valence-electron chi connectivity index (χ3n) is 3.39. The van der Waals surface area contributed by atoms with Gasteiger partial charge in [-0.2, -0.15) is 0 Å². The average molecular weight is 267 g/mol. The van der Waals surface area contributed by atoms with Gasteiger partial charge >= 0.3 is 0 Å². The highest BCUT2D eigenvalue weighted by Crippen LogP contribution is 2.04. The summed E-state index contributed by atoms with van der Waals surface area (Å²) in [6, 6.07) is 19.7. The van der Waals surface area contributed by atoms with Crippen molar-refractivity contribution >= 4 is 5.78 Å². The lowest BCUT2D eigenvalue weighted by Gasteiger charge is -2.12. The Morgan fingerprint density at radius 2 is 1.60 bits per heavy atom. The van der Waals surface area contributed by atoms with Crippen molar-refractivity contribution in [3.63, 3.8) is 0 Å². The lowest BCUT2D eigenvalue weighted by molar-refractivity contribution is 0.0951. The van der Waals surface area contributed by atoms with Gasteiger partial charge in [0.2, 0.25) is 0 Å². The molecule has 0 radical (unpaired) electrons. The molecule has 0 aromatic heterocycles. The lowest BCUT2D eigenvalue weighted by atomic mass is 10.1. The predicted molar refractivity (Wildman–Crippen MR) is 83.0 cm³/mol. The van der Waals surface area contributed by atoms with Crippen LogP contribution in [0.4, 0.5) is 0 Å². The zero-order valence-corrected chi connectivity index (χ0v) is 11.9. The smallest absolute Gasteiger partial charge is 0.179 e. The summed E-state index contributed by atoms with van der Waals surface area (Å²) in [6.07, 6.45) is 2.08. The summed E-state index contributed by atoms with van der Waals surface area (Å²) in [4.78, 5) is 12.1. The Hall–Kier alpha value is -1.93. The maximum Gasteiger partial charge on any atom is 0.179 e. The Bertz CT molecular complexity index is 522. The van der Waals surface area contributed by atoms with E-state index in [-0.39, 0.29) is 11.8 Å². The van der Waals surface area contributed by atoms with Gasteiger partial charge in [0.25, 0.3) is 0 Å². The second-order valence-electron chi connectivity index (χ2n) is 5.00. The van der Waals surface area contributed by atoms with Crippen LogP contribution in [0.1, 0.15) is 29.3 Å². The number of benzene rings is 2. The number of Topliss-reactive ketones (excluding diaryl/α,β-unsaturated/α-hetero) is 1. The number of nitrogens with one attached hydrogen (secondary N) is 1. The number of hydrogen-bond donors (Lipinski definition) is 1. The highest BCUT2D eigenvalue weighted by atomic mass is 16.1. The maximum absolute atomic E-state index is 12.1. The molecule has 0 bridgehead atoms. The molecule has 1 atom stereocenters. The number of aryl methyl sites for hydroxylation is 1. The SMILES string of the molecule is CC(NCCCc1ccccc1)C(=O)c1ccccc1. The molecule has 1 N–H and O–H groups in total. The fraction of sp³-hybridized carbons (Fsp3) is 0.278. The molecule has 0 heterocycles. The van der Waals surface area contributed by atoms with Gasteiger partial charge in [-0.3, -0.25) is 4.79 Å². The third-order valence-corrected chi connectivity index (χ3v) is 3.39. The first-order valence-electron chi connectivity index (χ1n) is 7.14. The van der Waals surface area contributed by atoms with E-state index in [1.807, 2.05) is 43.3 Å². The first-order valence-corrected chi connectivity index (χ1v) is 7.14. The van der Waals surface area contributed by atoms with Crippen LogP contribution in [-0.2, 0) is 6.42 Å². The van der Waals surface area contributed by atoms with Gasteiger partial charge in [-0.15, -0.1) is 0 Å². The molecule has 0 fully saturated rings. The lowest BCUT2D eigenvalue weighted by Crippen LogP contribution is -2.34. The minimum atomic E-state index is -0.131. The summed E-state index contributed by atoms with van der Waals surface area (Å²) >= 11 is 0. The molecule has 0 aliphatic rings. The Labute approximate surface area is 120 Å². The summed E-state index contributed by atoms with van der Waals surface area (Å²) in [6.45, 7) is 2.78. The predicted octanol–water partition coefficient (Wildman–Crippen LogP) is 3.48. The Morgan fingerprint density at radius 3 is 2.25 bits per heavy atom. The zero-order valence-electron chi connectivity index (χ0n) is 11.9. The van der Waals surface area contributed by atoms with Crippen molar-refractivity contribution in [3.05, 3.63) is 71.8 Å². The molecule has 0 spiro atoms. The van der Waals surface area contributed by atoms with Crippen LogP contribution in [0.15, 0.2) is 60.7 Å². The molecule has 2 nitrogen and oxygen atoms in total. The first-order chi connectivity index (χ1) is 9.77. The van der Waals surface area contributed by atoms with E-state index in [0.29, 0.717) is 0 Å². The molecule has 0 saturated carbocycles. The highest BCUT2D eigenvalue weighted by molar-refractivity contribution is 5.99. The number of carbonyl (C=O) groups is 1. The van der Waals surface area contributed by atoms with Gasteiger partial charge in [0.1, 0.15) is 0 Å². The van der Waals surface area contributed by atoms with E-state index in [4.69, 9.17) is 0 Å². The van der Waals surface area contributed by atoms with Crippen LogP contribution in [0.25, 0.3) is 0 Å². The van der Waals surface area contributed by atoms with Crippen LogP contribution in [-0.4, -0.2) is 18.4 Å². The molecule has 2 aromatic rings. The second-order valence-corrected chi connectivity index (χ2v) is 5.00. The standard InChI is InChI=1S/C18H21NO/c1-15(18(20)17-12-6-3-7-13-17)19-14-8-11-16-9-4-2-5-10-16/h2-7,9-10,12-13,15,19H,8,11,14H2,1H3. The summed E-state index contributed by atoms with van der Waals surface area (Å²) in [5.41, 5.74) is 2.12. The van der Waals surface area contributed by atoms with E-state index in [1.54, 1.807) is 0 Å². The van der Waals surface area contributed by atoms with Crippen molar-refractivity contribution in [2.45, 2.75) is 25.8 Å². The van der Waals surface area contributed by atoms with Gasteiger partial charge < -0.3 is 5.32 Å². The van der Waals surface area contributed by atoms with Gasteiger partial charge in [0.15, 0.2) is 5.78 Å². The number of hydrogen-bond acceptors (Lipinski definition) is 2. The van der Waals surface area contributed by atoms with Gasteiger partial charge in [0.05, 0.1) is 6.04 Å². The van der Waals surface area contributed by atoms with Gasteiger partial charge in [-0.05, 0) is 31.9 Å². The van der Waals surface area contributed by atoms with Crippen molar-refractivity contribution < 1.29 is 4.79 Å². The molecule has 1 unspecified atom stereocenters. The topological polar surface area (TPSA) is 29.1 Å². The molecule has 20 heavy (non-hydrogen) atoms. The quantitative estimate of drug-likeness (QED) is 0.614. The van der Waals surface area contributed by atoms with Crippen molar-refractivity contribution in [1.82, 2.24) is 5.32 Å². The molecule has 0 aliphatic heterocycles. The van der Waals surface area contributed by atoms with E-state index in [1.165, 1.54) is 5.56 Å². The van der Waals surface area contributed by atoms with Crippen LogP contribution in [0.5, 0.6) is 0 Å². The molecule has 0 aliphatic carbocycles. The summed E-state index contributed by atoms with van der Waals surface area (Å²) in [7, 11) is 0. The molecule has 2 aromatic carbocycles. The van der Waals surface area contributed by atoms with Gasteiger partial charge in [-0.1, -0.05) is 60.7 Å². The Balaban J connectivity index is 1.73. The molecule has 2 rings (SSSR count). The van der Waals surface area contributed by atoms with Crippen molar-refractivity contribution in [2.75, 3.05) is 6.54 Å². The molecular weight excluding hydrogens is 246 g/mol. The van der Waals surface area contributed by atoms with E-state index in [9.17, 15) is 4.79 Å². The van der Waals surface area contributed by atoms with E-state index in [2.05, 4.69) is 29.6 Å². The molecule has 0 amide bonds. The van der Waals surface area contributed by atoms with Crippen LogP contribution in [0.3, 0.4) is 0 Å². The summed E-state index contributed by atoms with van der Waals surface area (Å²) < 4.78 is 0. The van der Waals surface area contributed by atoms with E-state index in [0.717, 1.165) is 24.9 Å². The van der Waals surface area contributed by atoms with E-state index < -0.39 is 0 Å². The Morgan fingerprint density at radius 1 is 1.00 bits per heavy atom. The van der Waals surface area contributed by atoms with Gasteiger partial charge in [-0.25, -0.2) is 0 Å². The minimum Gasteiger partial charge on any atom is -0.307 e. The summed E-state index contributed by atoms with van der Waals surface area (Å²) in [5, 5.41) is 3.30. The normalized spacial score (nSPS) is 12.1. The molecule has 0 saturated heterocycles. The zero-order chi connectivity index (χ0) is 14.2. The second kappa shape index (κ2) is 7.61.